The van der Waals surface area contributed by atoms with E-state index >= 15 is 0 Å². The fourth-order valence-electron chi connectivity index (χ4n) is 3.01. The Balaban J connectivity index is 2.46. The molecule has 1 aromatic carbocycles. The number of hydrogen-bond donors (Lipinski definition) is 2. The van der Waals surface area contributed by atoms with Crippen molar-refractivity contribution in [3.63, 3.8) is 0 Å². The minimum Gasteiger partial charge on any atom is -0.386 e. The van der Waals surface area contributed by atoms with Gasteiger partial charge in [-0.25, -0.2) is 19.2 Å². The van der Waals surface area contributed by atoms with Crippen LogP contribution in [0.3, 0.4) is 0 Å². The maximum absolute atomic E-state index is 13.4. The van der Waals surface area contributed by atoms with E-state index in [1.54, 1.807) is 5.32 Å². The quantitative estimate of drug-likeness (QED) is 0.532. The highest BCUT2D eigenvalue weighted by molar-refractivity contribution is 6.22. The van der Waals surface area contributed by atoms with E-state index in [0.29, 0.717) is 0 Å². The summed E-state index contributed by atoms with van der Waals surface area (Å²) in [6.45, 7) is 0. The summed E-state index contributed by atoms with van der Waals surface area (Å²) in [7, 11) is 0. The van der Waals surface area contributed by atoms with Gasteiger partial charge in [-0.2, -0.15) is 13.2 Å². The maximum atomic E-state index is 13.4. The Morgan fingerprint density at radius 3 is 1.76 bits per heavy atom. The van der Waals surface area contributed by atoms with Crippen LogP contribution in [0, 0.1) is 0 Å². The van der Waals surface area contributed by atoms with Gasteiger partial charge in [-0.15, -0.1) is 0 Å². The average molecular weight is 357 g/mol. The number of carbonyl (C=O) groups is 1. The molecule has 4 rings (SSSR count). The molecule has 1 aliphatic heterocycles. The van der Waals surface area contributed by atoms with Gasteiger partial charge in [-0.05, 0) is 0 Å². The molecule has 2 aromatic heterocycles. The summed E-state index contributed by atoms with van der Waals surface area (Å²) in [6, 6.07) is 0. The number of hydrogen-bond acceptors (Lipinski definition) is 8. The summed E-state index contributed by atoms with van der Waals surface area (Å²) in [6.07, 6.45) is -5.61. The van der Waals surface area contributed by atoms with Gasteiger partial charge >= 0.3 is 28.7 Å². The average Bonchev–Trinajstić information content (AvgIpc) is 3.03. The van der Waals surface area contributed by atoms with Crippen molar-refractivity contribution in [2.45, 2.75) is 11.8 Å². The van der Waals surface area contributed by atoms with E-state index in [4.69, 9.17) is 0 Å². The van der Waals surface area contributed by atoms with E-state index < -0.39 is 73.0 Å². The molecule has 0 spiro atoms. The molecule has 0 aliphatic carbocycles. The second-order valence-corrected chi connectivity index (χ2v) is 5.27. The van der Waals surface area contributed by atoms with E-state index in [-0.39, 0.29) is 0 Å². The summed E-state index contributed by atoms with van der Waals surface area (Å²) in [4.78, 5) is 59.0. The molecule has 9 nitrogen and oxygen atoms in total. The number of nitrogens with one attached hydrogen (secondary N) is 1. The highest BCUT2D eigenvalue weighted by Crippen LogP contribution is 2.50. The zero-order valence-corrected chi connectivity index (χ0v) is 11.4. The molecular formula is C13H2F3NO8. The van der Waals surface area contributed by atoms with Crippen LogP contribution in [0.2, 0.25) is 0 Å². The number of rotatable bonds is 0. The molecule has 1 atom stereocenters. The summed E-state index contributed by atoms with van der Waals surface area (Å²) >= 11 is 0. The van der Waals surface area contributed by atoms with Crippen molar-refractivity contribution in [3.8, 4) is 0 Å². The normalized spacial score (nSPS) is 20.4. The fraction of sp³-hybridized carbons (Fsp3) is 0.154. The molecule has 0 radical (unpaired) electrons. The van der Waals surface area contributed by atoms with Crippen LogP contribution in [0.1, 0.15) is 5.56 Å². The van der Waals surface area contributed by atoms with Crippen LogP contribution in [0.15, 0.2) is 28.0 Å². The van der Waals surface area contributed by atoms with E-state index in [1.807, 2.05) is 0 Å². The second kappa shape index (κ2) is 4.03. The highest BCUT2D eigenvalue weighted by atomic mass is 19.4. The molecule has 0 saturated carbocycles. The number of fused-ring (bicyclic) bond motifs is 6. The van der Waals surface area contributed by atoms with Crippen molar-refractivity contribution >= 4 is 33.1 Å². The number of benzene rings is 1. The Morgan fingerprint density at radius 1 is 0.800 bits per heavy atom. The van der Waals surface area contributed by atoms with Gasteiger partial charge in [0.1, 0.15) is 0 Å². The minimum atomic E-state index is -5.61. The van der Waals surface area contributed by atoms with Crippen LogP contribution in [-0.2, 0) is 10.4 Å². The molecule has 1 aliphatic rings. The van der Waals surface area contributed by atoms with Gasteiger partial charge in [-0.1, -0.05) is 0 Å². The lowest BCUT2D eigenvalue weighted by Gasteiger charge is -2.23. The van der Waals surface area contributed by atoms with E-state index in [9.17, 15) is 42.3 Å². The van der Waals surface area contributed by atoms with Crippen LogP contribution in [0.25, 0.3) is 21.5 Å². The highest BCUT2D eigenvalue weighted by Gasteiger charge is 2.66. The fourth-order valence-corrected chi connectivity index (χ4v) is 3.01. The molecule has 0 bridgehead atoms. The molecule has 0 saturated heterocycles. The van der Waals surface area contributed by atoms with E-state index in [2.05, 4.69) is 8.83 Å². The maximum Gasteiger partial charge on any atom is 0.430 e. The Bertz CT molecular complexity index is 1320. The molecule has 1 unspecified atom stereocenters. The molecule has 3 heterocycles. The summed E-state index contributed by atoms with van der Waals surface area (Å²) in [5.74, 6) is -2.01. The van der Waals surface area contributed by atoms with Crippen molar-refractivity contribution in [2.24, 2.45) is 0 Å². The first-order chi connectivity index (χ1) is 11.5. The Labute approximate surface area is 130 Å². The first-order valence-corrected chi connectivity index (χ1v) is 6.38. The minimum absolute atomic E-state index is 0.804. The lowest BCUT2D eigenvalue weighted by molar-refractivity contribution is -0.251. The van der Waals surface area contributed by atoms with Gasteiger partial charge in [-0.3, -0.25) is 4.79 Å². The Hall–Kier alpha value is -3.28. The largest absolute Gasteiger partial charge is 0.430 e. The topological polar surface area (TPSA) is 144 Å². The predicted octanol–water partition coefficient (Wildman–Crippen LogP) is -0.803. The molecule has 1 amide bonds. The van der Waals surface area contributed by atoms with Gasteiger partial charge in [0.25, 0.3) is 11.5 Å². The van der Waals surface area contributed by atoms with Crippen LogP contribution >= 0.6 is 0 Å². The third-order valence-electron chi connectivity index (χ3n) is 4.03. The predicted molar refractivity (Wildman–Crippen MR) is 72.0 cm³/mol. The van der Waals surface area contributed by atoms with E-state index in [0.717, 1.165) is 0 Å². The van der Waals surface area contributed by atoms with Crippen LogP contribution < -0.4 is 27.8 Å². The van der Waals surface area contributed by atoms with Crippen molar-refractivity contribution in [3.05, 3.63) is 47.2 Å². The third-order valence-corrected chi connectivity index (χ3v) is 4.03. The molecule has 0 fully saturated rings. The van der Waals surface area contributed by atoms with Gasteiger partial charge < -0.3 is 19.3 Å². The summed E-state index contributed by atoms with van der Waals surface area (Å²) in [5, 5.41) is 7.88. The molecule has 2 N–H and O–H groups in total. The first kappa shape index (κ1) is 15.3. The van der Waals surface area contributed by atoms with Gasteiger partial charge in [0.05, 0.1) is 27.2 Å². The molecule has 12 heteroatoms. The standard InChI is InChI=1S/C13H2F3NO8/c14-13(15,16)12(23)5-3-1(7(18)24-9(3)20)2-4(6(5)17-11(12)22)10(21)25-8(2)19/h23H,(H,17,22). The van der Waals surface area contributed by atoms with E-state index in [1.165, 1.54) is 0 Å². The third kappa shape index (κ3) is 1.49. The van der Waals surface area contributed by atoms with Crippen LogP contribution in [-0.4, -0.2) is 17.2 Å². The van der Waals surface area contributed by atoms with Gasteiger partial charge in [0.15, 0.2) is 0 Å². The Kier molecular flexibility index (Phi) is 2.46. The second-order valence-electron chi connectivity index (χ2n) is 5.27. The zero-order chi connectivity index (χ0) is 18.5. The molecule has 25 heavy (non-hydrogen) atoms. The SMILES string of the molecule is O=C1Nc2c(c3c(=O)oc(=O)c3c3c(=O)oc(=O)c23)C1(O)C(F)(F)F. The smallest absolute Gasteiger partial charge is 0.386 e. The zero-order valence-electron chi connectivity index (χ0n) is 11.4. The van der Waals surface area contributed by atoms with Gasteiger partial charge in [0.2, 0.25) is 0 Å². The lowest BCUT2D eigenvalue weighted by atomic mass is 9.89. The summed E-state index contributed by atoms with van der Waals surface area (Å²) < 4.78 is 48.5. The lowest BCUT2D eigenvalue weighted by Crippen LogP contribution is -2.48. The number of halogens is 3. The number of amides is 1. The van der Waals surface area contributed by atoms with Gasteiger partial charge in [0, 0.05) is 5.56 Å². The van der Waals surface area contributed by atoms with Crippen LogP contribution in [0.4, 0.5) is 18.9 Å². The number of aliphatic hydroxyl groups is 1. The number of furan rings is 2. The van der Waals surface area contributed by atoms with Crippen molar-refractivity contribution in [2.75, 3.05) is 5.32 Å². The molecular weight excluding hydrogens is 355 g/mol. The Morgan fingerprint density at radius 2 is 1.24 bits per heavy atom. The number of alkyl halides is 3. The van der Waals surface area contributed by atoms with Crippen LogP contribution in [0.5, 0.6) is 0 Å². The number of anilines is 1. The summed E-state index contributed by atoms with van der Waals surface area (Å²) in [5.41, 5.74) is -12.5. The molecule has 3 aromatic rings. The van der Waals surface area contributed by atoms with Crippen molar-refractivity contribution < 1.29 is 31.9 Å². The number of carbonyl (C=O) groups excluding carboxylic acids is 1. The molecule has 128 valence electrons. The monoisotopic (exact) mass is 357 g/mol. The first-order valence-electron chi connectivity index (χ1n) is 6.38. The van der Waals surface area contributed by atoms with Crippen molar-refractivity contribution in [1.29, 1.82) is 0 Å². The van der Waals surface area contributed by atoms with Crippen molar-refractivity contribution in [1.82, 2.24) is 0 Å².